The van der Waals surface area contributed by atoms with E-state index in [2.05, 4.69) is 25.5 Å². The first kappa shape index (κ1) is 20.3. The number of hydrogen-bond acceptors (Lipinski definition) is 6. The number of carboxylic acid groups (broad SMARTS) is 1. The summed E-state index contributed by atoms with van der Waals surface area (Å²) < 4.78 is 3.62. The molecule has 0 aliphatic heterocycles. The normalized spacial score (nSPS) is 12.3. The number of aryl methyl sites for hydroxylation is 3. The zero-order chi connectivity index (χ0) is 22.4. The summed E-state index contributed by atoms with van der Waals surface area (Å²) >= 11 is 0. The number of H-pyrrole nitrogens is 1. The van der Waals surface area contributed by atoms with Crippen molar-refractivity contribution in [1.29, 1.82) is 0 Å². The smallest absolute Gasteiger partial charge is 0.335 e. The van der Waals surface area contributed by atoms with Crippen LogP contribution in [0.5, 0.6) is 0 Å². The summed E-state index contributed by atoms with van der Waals surface area (Å²) in [5.41, 5.74) is 2.76. The quantitative estimate of drug-likeness (QED) is 0.504. The molecule has 3 aromatic heterocycles. The highest BCUT2D eigenvalue weighted by molar-refractivity contribution is 5.95. The third-order valence-corrected chi connectivity index (χ3v) is 5.22. The third-order valence-electron chi connectivity index (χ3n) is 5.22. The van der Waals surface area contributed by atoms with Gasteiger partial charge >= 0.3 is 5.97 Å². The summed E-state index contributed by atoms with van der Waals surface area (Å²) in [4.78, 5) is 25.4. The van der Waals surface area contributed by atoms with Crippen molar-refractivity contribution in [1.82, 2.24) is 34.6 Å². The summed E-state index contributed by atoms with van der Waals surface area (Å²) in [5, 5.41) is 29.5. The van der Waals surface area contributed by atoms with Gasteiger partial charge in [-0.2, -0.15) is 0 Å². The monoisotopic (exact) mass is 422 g/mol. The zero-order valence-corrected chi connectivity index (χ0v) is 17.8. The van der Waals surface area contributed by atoms with Crippen LogP contribution in [-0.4, -0.2) is 51.6 Å². The number of nitrogens with one attached hydrogen (secondary N) is 1. The Morgan fingerprint density at radius 1 is 1.10 bits per heavy atom. The molecule has 0 radical (unpaired) electrons. The summed E-state index contributed by atoms with van der Waals surface area (Å²) in [6.07, 6.45) is 0. The number of nitrogens with zero attached hydrogens (tertiary/aromatic N) is 7. The van der Waals surface area contributed by atoms with Gasteiger partial charge in [0.05, 0.1) is 17.3 Å². The van der Waals surface area contributed by atoms with E-state index in [4.69, 9.17) is 0 Å². The van der Waals surface area contributed by atoms with Crippen LogP contribution in [0.3, 0.4) is 0 Å². The van der Waals surface area contributed by atoms with Crippen molar-refractivity contribution in [3.8, 4) is 5.69 Å². The number of rotatable bonds is 5. The Kier molecular flexibility index (Phi) is 4.80. The number of fused-ring (bicyclic) bond motifs is 1. The molecule has 4 rings (SSSR count). The molecule has 0 aliphatic carbocycles. The van der Waals surface area contributed by atoms with Crippen LogP contribution in [0.4, 0.5) is 5.69 Å². The van der Waals surface area contributed by atoms with E-state index in [1.165, 1.54) is 24.0 Å². The van der Waals surface area contributed by atoms with Gasteiger partial charge in [-0.05, 0) is 45.9 Å². The molecular weight excluding hydrogens is 400 g/mol. The molecule has 31 heavy (non-hydrogen) atoms. The average molecular weight is 422 g/mol. The molecule has 11 nitrogen and oxygen atoms in total. The molecule has 11 heteroatoms. The maximum atomic E-state index is 12.5. The number of aromatic amines is 1. The van der Waals surface area contributed by atoms with Crippen molar-refractivity contribution in [3.05, 3.63) is 53.0 Å². The Morgan fingerprint density at radius 3 is 2.39 bits per heavy atom. The summed E-state index contributed by atoms with van der Waals surface area (Å²) in [7, 11) is 0. The number of aromatic nitrogens is 7. The molecule has 1 unspecified atom stereocenters. The van der Waals surface area contributed by atoms with Crippen molar-refractivity contribution in [3.63, 3.8) is 0 Å². The van der Waals surface area contributed by atoms with E-state index in [1.54, 1.807) is 16.6 Å². The van der Waals surface area contributed by atoms with Crippen molar-refractivity contribution in [2.45, 2.75) is 40.7 Å². The van der Waals surface area contributed by atoms with Crippen molar-refractivity contribution >= 4 is 23.2 Å². The first-order chi connectivity index (χ1) is 14.7. The molecule has 0 saturated carbocycles. The lowest BCUT2D eigenvalue weighted by Gasteiger charge is -2.27. The molecule has 0 saturated heterocycles. The second kappa shape index (κ2) is 7.35. The second-order valence-electron chi connectivity index (χ2n) is 7.35. The molecule has 0 spiro atoms. The van der Waals surface area contributed by atoms with Crippen LogP contribution < -0.4 is 4.90 Å². The summed E-state index contributed by atoms with van der Waals surface area (Å²) in [6.45, 7) is 8.87. The van der Waals surface area contributed by atoms with Gasteiger partial charge in [-0.3, -0.25) is 14.5 Å². The van der Waals surface area contributed by atoms with Gasteiger partial charge in [0.1, 0.15) is 17.3 Å². The lowest BCUT2D eigenvalue weighted by Crippen LogP contribution is -2.32. The highest BCUT2D eigenvalue weighted by atomic mass is 16.4. The van der Waals surface area contributed by atoms with Gasteiger partial charge in [0.25, 0.3) is 0 Å². The average Bonchev–Trinajstić information content (AvgIpc) is 3.35. The topological polar surface area (TPSA) is 134 Å². The van der Waals surface area contributed by atoms with Gasteiger partial charge in [-0.15, -0.1) is 20.4 Å². The molecule has 2 N–H and O–H groups in total. The number of carbonyl (C=O) groups is 2. The number of anilines is 1. The zero-order valence-electron chi connectivity index (χ0n) is 17.8. The molecule has 1 atom stereocenters. The van der Waals surface area contributed by atoms with E-state index in [-0.39, 0.29) is 11.5 Å². The molecule has 3 heterocycles. The Labute approximate surface area is 177 Å². The molecule has 0 aliphatic rings. The molecule has 0 fully saturated rings. The Balaban J connectivity index is 1.83. The summed E-state index contributed by atoms with van der Waals surface area (Å²) in [5.74, 6) is 0.628. The first-order valence-electron chi connectivity index (χ1n) is 9.66. The fourth-order valence-electron chi connectivity index (χ4n) is 3.86. The van der Waals surface area contributed by atoms with Gasteiger partial charge in [-0.25, -0.2) is 9.31 Å². The number of amides is 1. The fourth-order valence-corrected chi connectivity index (χ4v) is 3.86. The van der Waals surface area contributed by atoms with Gasteiger partial charge in [0, 0.05) is 12.6 Å². The van der Waals surface area contributed by atoms with E-state index in [0.29, 0.717) is 17.2 Å². The molecule has 0 bridgehead atoms. The number of hydrogen-bond donors (Lipinski definition) is 2. The number of aromatic carboxylic acids is 1. The Morgan fingerprint density at radius 2 is 1.77 bits per heavy atom. The third kappa shape index (κ3) is 3.23. The van der Waals surface area contributed by atoms with Crippen LogP contribution in [0.1, 0.15) is 53.4 Å². The van der Waals surface area contributed by atoms with Crippen LogP contribution in [0.2, 0.25) is 0 Å². The number of benzene rings is 1. The first-order valence-corrected chi connectivity index (χ1v) is 9.66. The summed E-state index contributed by atoms with van der Waals surface area (Å²) in [6, 6.07) is 5.72. The van der Waals surface area contributed by atoms with Gasteiger partial charge in [0.15, 0.2) is 5.82 Å². The van der Waals surface area contributed by atoms with Crippen LogP contribution in [0.25, 0.3) is 11.3 Å². The van der Waals surface area contributed by atoms with Gasteiger partial charge < -0.3 is 10.0 Å². The standard InChI is InChI=1S/C20H22N8O3/c1-10-17(27-12(3)21-22-13(27)4)19-24-23-18(28(19)25-10)11(2)26(14(5)29)16-8-6-7-15(9-16)20(30)31/h6-9,11,25H,1-5H3,(H,30,31). The van der Waals surface area contributed by atoms with Gasteiger partial charge in [0.2, 0.25) is 11.6 Å². The molecule has 1 aromatic carbocycles. The van der Waals surface area contributed by atoms with Crippen molar-refractivity contribution < 1.29 is 14.7 Å². The highest BCUT2D eigenvalue weighted by Crippen LogP contribution is 2.29. The Bertz CT molecular complexity index is 1300. The molecule has 4 aromatic rings. The number of carbonyl (C=O) groups excluding carboxylic acids is 1. The predicted octanol–water partition coefficient (Wildman–Crippen LogP) is 2.38. The van der Waals surface area contributed by atoms with E-state index < -0.39 is 12.0 Å². The van der Waals surface area contributed by atoms with Crippen LogP contribution >= 0.6 is 0 Å². The van der Waals surface area contributed by atoms with E-state index in [0.717, 1.165) is 23.0 Å². The number of carboxylic acids is 1. The van der Waals surface area contributed by atoms with Crippen LogP contribution in [0, 0.1) is 20.8 Å². The lowest BCUT2D eigenvalue weighted by atomic mass is 10.1. The molecule has 160 valence electrons. The van der Waals surface area contributed by atoms with Crippen LogP contribution in [0.15, 0.2) is 24.3 Å². The maximum Gasteiger partial charge on any atom is 0.335 e. The largest absolute Gasteiger partial charge is 0.478 e. The minimum Gasteiger partial charge on any atom is -0.478 e. The molecular formula is C20H22N8O3. The van der Waals surface area contributed by atoms with Crippen molar-refractivity contribution in [2.24, 2.45) is 0 Å². The van der Waals surface area contributed by atoms with E-state index in [1.807, 2.05) is 32.3 Å². The lowest BCUT2D eigenvalue weighted by molar-refractivity contribution is -0.117. The SMILES string of the molecule is CC(=O)N(c1cccc(C(=O)O)c1)C(C)c1nnc2c(-n3c(C)nnc3C)c(C)[nH]n12. The van der Waals surface area contributed by atoms with Crippen LogP contribution in [-0.2, 0) is 4.79 Å². The highest BCUT2D eigenvalue weighted by Gasteiger charge is 2.28. The Hall–Kier alpha value is -4.02. The van der Waals surface area contributed by atoms with E-state index in [9.17, 15) is 14.7 Å². The van der Waals surface area contributed by atoms with Crippen molar-refractivity contribution in [2.75, 3.05) is 4.90 Å². The maximum absolute atomic E-state index is 12.5. The second-order valence-corrected chi connectivity index (χ2v) is 7.35. The minimum atomic E-state index is -1.06. The minimum absolute atomic E-state index is 0.0962. The van der Waals surface area contributed by atoms with E-state index >= 15 is 0 Å². The molecule has 1 amide bonds. The van der Waals surface area contributed by atoms with Gasteiger partial charge in [-0.1, -0.05) is 6.07 Å². The predicted molar refractivity (Wildman–Crippen MR) is 111 cm³/mol. The fraction of sp³-hybridized carbons (Fsp3) is 0.300.